The number of nitrogens with zero attached hydrogens (tertiary/aromatic N) is 5. The quantitative estimate of drug-likeness (QED) is 0.427. The van der Waals surface area contributed by atoms with Gasteiger partial charge in [0.25, 0.3) is 0 Å². The van der Waals surface area contributed by atoms with Gasteiger partial charge in [-0.15, -0.1) is 0 Å². The molecule has 3 aromatic heterocycles. The van der Waals surface area contributed by atoms with Crippen LogP contribution in [0.5, 0.6) is 0 Å². The zero-order valence-corrected chi connectivity index (χ0v) is 18.1. The number of nitriles is 1. The molecule has 0 bridgehead atoms. The Hall–Kier alpha value is -3.89. The lowest BCUT2D eigenvalue weighted by molar-refractivity contribution is -0.147. The Kier molecular flexibility index (Phi) is 5.80. The van der Waals surface area contributed by atoms with Crippen LogP contribution in [-0.4, -0.2) is 40.2 Å². The highest BCUT2D eigenvalue weighted by Crippen LogP contribution is 2.35. The lowest BCUT2D eigenvalue weighted by Gasteiger charge is -2.17. The molecule has 174 valence electrons. The Morgan fingerprint density at radius 1 is 1.12 bits per heavy atom. The Bertz CT molecular complexity index is 1510. The summed E-state index contributed by atoms with van der Waals surface area (Å²) in [6.45, 7) is 0.677. The van der Waals surface area contributed by atoms with Crippen LogP contribution in [0.15, 0.2) is 59.9 Å². The van der Waals surface area contributed by atoms with Crippen molar-refractivity contribution in [3.63, 3.8) is 0 Å². The van der Waals surface area contributed by atoms with E-state index in [1.165, 1.54) is 35.2 Å². The third-order valence-corrected chi connectivity index (χ3v) is 6.43. The molecule has 0 aliphatic rings. The van der Waals surface area contributed by atoms with Crippen LogP contribution in [0.3, 0.4) is 0 Å². The van der Waals surface area contributed by atoms with Crippen molar-refractivity contribution in [1.29, 1.82) is 5.26 Å². The van der Waals surface area contributed by atoms with Crippen LogP contribution >= 0.6 is 0 Å². The molecule has 0 fully saturated rings. The second-order valence-electron chi connectivity index (χ2n) is 7.14. The van der Waals surface area contributed by atoms with E-state index in [4.69, 9.17) is 0 Å². The molecule has 0 amide bonds. The number of halogens is 4. The molecule has 0 saturated heterocycles. The first-order valence-electron chi connectivity index (χ1n) is 9.60. The Labute approximate surface area is 190 Å². The second-order valence-corrected chi connectivity index (χ2v) is 8.86. The number of sulfonamides is 1. The van der Waals surface area contributed by atoms with Crippen molar-refractivity contribution >= 4 is 20.9 Å². The van der Waals surface area contributed by atoms with Crippen LogP contribution < -0.4 is 4.72 Å². The van der Waals surface area contributed by atoms with Crippen LogP contribution in [0.4, 0.5) is 17.6 Å². The van der Waals surface area contributed by atoms with Gasteiger partial charge in [-0.25, -0.2) is 22.8 Å². The number of rotatable bonds is 5. The van der Waals surface area contributed by atoms with Crippen LogP contribution in [0.1, 0.15) is 12.5 Å². The number of pyridine rings is 1. The summed E-state index contributed by atoms with van der Waals surface area (Å²) < 4.78 is 80.0. The normalized spacial score (nSPS) is 13.1. The number of nitrogens with one attached hydrogen (secondary N) is 1. The van der Waals surface area contributed by atoms with Gasteiger partial charge in [0.2, 0.25) is 16.0 Å². The van der Waals surface area contributed by atoms with Crippen LogP contribution in [0, 0.1) is 17.1 Å². The molecular weight excluding hydrogens is 476 g/mol. The van der Waals surface area contributed by atoms with Crippen molar-refractivity contribution in [2.75, 3.05) is 0 Å². The van der Waals surface area contributed by atoms with Gasteiger partial charge < -0.3 is 0 Å². The molecule has 4 rings (SSSR count). The fourth-order valence-electron chi connectivity index (χ4n) is 3.28. The van der Waals surface area contributed by atoms with Crippen molar-refractivity contribution < 1.29 is 26.0 Å². The molecule has 8 nitrogen and oxygen atoms in total. The van der Waals surface area contributed by atoms with Gasteiger partial charge in [0, 0.05) is 24.0 Å². The first kappa shape index (κ1) is 23.3. The van der Waals surface area contributed by atoms with Gasteiger partial charge in [-0.2, -0.15) is 23.2 Å². The van der Waals surface area contributed by atoms with E-state index < -0.39 is 33.0 Å². The first-order chi connectivity index (χ1) is 16.0. The SMILES string of the molecule is CC(NS(=O)(=O)c1ccc(-c2c(C#N)c3cc(F)ccc3n2-c2ncccn2)nc1)C(F)(F)F. The molecule has 0 saturated carbocycles. The molecule has 0 aliphatic heterocycles. The van der Waals surface area contributed by atoms with Gasteiger partial charge >= 0.3 is 6.18 Å². The third-order valence-electron chi connectivity index (χ3n) is 4.91. The van der Waals surface area contributed by atoms with E-state index >= 15 is 0 Å². The number of aromatic nitrogens is 4. The summed E-state index contributed by atoms with van der Waals surface area (Å²) in [6, 6.07) is 7.36. The van der Waals surface area contributed by atoms with Crippen LogP contribution in [-0.2, 0) is 10.0 Å². The molecule has 0 spiro atoms. The van der Waals surface area contributed by atoms with E-state index in [-0.39, 0.29) is 28.3 Å². The number of alkyl halides is 3. The van der Waals surface area contributed by atoms with E-state index in [2.05, 4.69) is 15.0 Å². The smallest absolute Gasteiger partial charge is 0.275 e. The van der Waals surface area contributed by atoms with E-state index in [1.807, 2.05) is 6.07 Å². The van der Waals surface area contributed by atoms with Crippen molar-refractivity contribution in [1.82, 2.24) is 24.2 Å². The van der Waals surface area contributed by atoms with Crippen molar-refractivity contribution in [2.24, 2.45) is 0 Å². The highest BCUT2D eigenvalue weighted by atomic mass is 32.2. The zero-order chi connectivity index (χ0) is 24.7. The highest BCUT2D eigenvalue weighted by molar-refractivity contribution is 7.89. The van der Waals surface area contributed by atoms with Crippen molar-refractivity contribution in [2.45, 2.75) is 24.0 Å². The van der Waals surface area contributed by atoms with E-state index in [0.717, 1.165) is 18.3 Å². The average Bonchev–Trinajstić information content (AvgIpc) is 3.12. The summed E-state index contributed by atoms with van der Waals surface area (Å²) in [5.41, 5.74) is 0.700. The standard InChI is InChI=1S/C21H14F4N6O2S/c1-12(21(23,24)25)30-34(32,33)14-4-5-17(29-11-14)19-16(10-26)15-9-13(22)3-6-18(15)31(19)20-27-7-2-8-28-20/h2-9,11-12,30H,1H3. The van der Waals surface area contributed by atoms with Gasteiger partial charge in [-0.05, 0) is 43.3 Å². The lowest BCUT2D eigenvalue weighted by atomic mass is 10.1. The lowest BCUT2D eigenvalue weighted by Crippen LogP contribution is -2.42. The maximum Gasteiger partial charge on any atom is 0.404 e. The molecule has 0 radical (unpaired) electrons. The largest absolute Gasteiger partial charge is 0.404 e. The second kappa shape index (κ2) is 8.47. The van der Waals surface area contributed by atoms with Crippen LogP contribution in [0.25, 0.3) is 28.2 Å². The highest BCUT2D eigenvalue weighted by Gasteiger charge is 2.39. The van der Waals surface area contributed by atoms with Crippen molar-refractivity contribution in [3.05, 3.63) is 66.4 Å². The predicted molar refractivity (Wildman–Crippen MR) is 113 cm³/mol. The summed E-state index contributed by atoms with van der Waals surface area (Å²) in [6.07, 6.45) is -0.974. The molecule has 13 heteroatoms. The van der Waals surface area contributed by atoms with Gasteiger partial charge in [0.1, 0.15) is 22.8 Å². The molecule has 1 N–H and O–H groups in total. The summed E-state index contributed by atoms with van der Waals surface area (Å²) in [4.78, 5) is 11.9. The minimum absolute atomic E-state index is 0.0360. The molecule has 1 unspecified atom stereocenters. The third kappa shape index (κ3) is 4.20. The summed E-state index contributed by atoms with van der Waals surface area (Å²) in [5, 5.41) is 10.1. The number of hydrogen-bond donors (Lipinski definition) is 1. The molecular formula is C21H14F4N6O2S. The fraction of sp³-hybridized carbons (Fsp3) is 0.143. The van der Waals surface area contributed by atoms with E-state index in [0.29, 0.717) is 12.4 Å². The molecule has 4 aromatic rings. The fourth-order valence-corrected chi connectivity index (χ4v) is 4.45. The monoisotopic (exact) mass is 490 g/mol. The zero-order valence-electron chi connectivity index (χ0n) is 17.2. The minimum atomic E-state index is -4.77. The van der Waals surface area contributed by atoms with Gasteiger partial charge in [0.05, 0.1) is 22.5 Å². The average molecular weight is 490 g/mol. The van der Waals surface area contributed by atoms with Gasteiger partial charge in [0.15, 0.2) is 0 Å². The predicted octanol–water partition coefficient (Wildman–Crippen LogP) is 3.72. The number of hydrogen-bond acceptors (Lipinski definition) is 6. The maximum atomic E-state index is 14.0. The summed E-state index contributed by atoms with van der Waals surface area (Å²) in [7, 11) is -4.53. The molecule has 3 heterocycles. The Morgan fingerprint density at radius 2 is 1.82 bits per heavy atom. The maximum absolute atomic E-state index is 14.0. The number of fused-ring (bicyclic) bond motifs is 1. The molecule has 1 atom stereocenters. The topological polar surface area (TPSA) is 114 Å². The molecule has 0 aliphatic carbocycles. The summed E-state index contributed by atoms with van der Waals surface area (Å²) in [5.74, 6) is -0.435. The van der Waals surface area contributed by atoms with E-state index in [1.54, 1.807) is 10.8 Å². The molecule has 1 aromatic carbocycles. The first-order valence-corrected chi connectivity index (χ1v) is 11.1. The van der Waals surface area contributed by atoms with Gasteiger partial charge in [-0.1, -0.05) is 0 Å². The Balaban J connectivity index is 1.87. The minimum Gasteiger partial charge on any atom is -0.275 e. The van der Waals surface area contributed by atoms with Crippen molar-refractivity contribution in [3.8, 4) is 23.4 Å². The Morgan fingerprint density at radius 3 is 2.41 bits per heavy atom. The van der Waals surface area contributed by atoms with E-state index in [9.17, 15) is 31.2 Å². The van der Waals surface area contributed by atoms with Crippen LogP contribution in [0.2, 0.25) is 0 Å². The number of benzene rings is 1. The van der Waals surface area contributed by atoms with Gasteiger partial charge in [-0.3, -0.25) is 9.55 Å². The molecule has 34 heavy (non-hydrogen) atoms. The summed E-state index contributed by atoms with van der Waals surface area (Å²) >= 11 is 0.